The number of rotatable bonds is 4. The van der Waals surface area contributed by atoms with E-state index in [9.17, 15) is 13.2 Å². The number of hydrogen-bond acceptors (Lipinski definition) is 4. The van der Waals surface area contributed by atoms with Gasteiger partial charge in [-0.1, -0.05) is 19.3 Å². The van der Waals surface area contributed by atoms with Gasteiger partial charge in [0.1, 0.15) is 5.75 Å². The fraction of sp³-hybridized carbons (Fsp3) is 0.500. The summed E-state index contributed by atoms with van der Waals surface area (Å²) in [7, 11) is -3.59. The molecule has 110 valence electrons. The van der Waals surface area contributed by atoms with Crippen molar-refractivity contribution in [3.05, 3.63) is 24.3 Å². The molecular formula is C14H20N2O3S. The van der Waals surface area contributed by atoms with Gasteiger partial charge in [0.25, 0.3) is 0 Å². The molecule has 5 nitrogen and oxygen atoms in total. The molecule has 6 heteroatoms. The fourth-order valence-corrected chi connectivity index (χ4v) is 3.59. The summed E-state index contributed by atoms with van der Waals surface area (Å²) in [4.78, 5) is 12.0. The average Bonchev–Trinajstić information content (AvgIpc) is 2.39. The number of nitrogens with two attached hydrogens (primary N) is 1. The molecule has 1 amide bonds. The summed E-state index contributed by atoms with van der Waals surface area (Å²) >= 11 is 0. The number of amides is 1. The van der Waals surface area contributed by atoms with Crippen LogP contribution in [0.2, 0.25) is 0 Å². The maximum Gasteiger partial charge on any atom is 0.235 e. The van der Waals surface area contributed by atoms with Gasteiger partial charge in [0, 0.05) is 11.7 Å². The lowest BCUT2D eigenvalue weighted by atomic mass is 9.95. The van der Waals surface area contributed by atoms with E-state index in [-0.39, 0.29) is 10.9 Å². The van der Waals surface area contributed by atoms with Gasteiger partial charge in [-0.25, -0.2) is 8.42 Å². The molecule has 1 saturated carbocycles. The maximum atomic E-state index is 12.1. The normalized spacial score (nSPS) is 16.8. The molecule has 0 bridgehead atoms. The predicted molar refractivity (Wildman–Crippen MR) is 77.9 cm³/mol. The predicted octanol–water partition coefficient (Wildman–Crippen LogP) is 1.49. The number of anilines is 1. The van der Waals surface area contributed by atoms with Gasteiger partial charge in [0.05, 0.1) is 4.90 Å². The van der Waals surface area contributed by atoms with Gasteiger partial charge in [-0.2, -0.15) is 0 Å². The SMILES string of the molecule is Nc1ccc(S(=O)(=O)CC(=O)NC2CCCCC2)cc1. The van der Waals surface area contributed by atoms with Gasteiger partial charge < -0.3 is 11.1 Å². The van der Waals surface area contributed by atoms with Crippen molar-refractivity contribution in [2.24, 2.45) is 0 Å². The Morgan fingerprint density at radius 2 is 1.75 bits per heavy atom. The first kappa shape index (κ1) is 14.8. The lowest BCUT2D eigenvalue weighted by Gasteiger charge is -2.22. The van der Waals surface area contributed by atoms with Gasteiger partial charge in [-0.05, 0) is 37.1 Å². The Kier molecular flexibility index (Phi) is 4.65. The highest BCUT2D eigenvalue weighted by atomic mass is 32.2. The topological polar surface area (TPSA) is 89.3 Å². The molecule has 0 aromatic heterocycles. The van der Waals surface area contributed by atoms with E-state index in [1.165, 1.54) is 30.7 Å². The highest BCUT2D eigenvalue weighted by molar-refractivity contribution is 7.92. The Balaban J connectivity index is 1.97. The van der Waals surface area contributed by atoms with E-state index in [4.69, 9.17) is 5.73 Å². The van der Waals surface area contributed by atoms with Crippen LogP contribution in [0.25, 0.3) is 0 Å². The Morgan fingerprint density at radius 3 is 2.35 bits per heavy atom. The van der Waals surface area contributed by atoms with Crippen molar-refractivity contribution in [3.8, 4) is 0 Å². The third-order valence-corrected chi connectivity index (χ3v) is 5.16. The van der Waals surface area contributed by atoms with Crippen LogP contribution in [-0.2, 0) is 14.6 Å². The van der Waals surface area contributed by atoms with E-state index >= 15 is 0 Å². The third kappa shape index (κ3) is 3.96. The second-order valence-corrected chi connectivity index (χ2v) is 7.22. The van der Waals surface area contributed by atoms with Crippen molar-refractivity contribution in [3.63, 3.8) is 0 Å². The van der Waals surface area contributed by atoms with Crippen LogP contribution in [0.4, 0.5) is 5.69 Å². The van der Waals surface area contributed by atoms with Crippen molar-refractivity contribution in [2.75, 3.05) is 11.5 Å². The van der Waals surface area contributed by atoms with Crippen LogP contribution < -0.4 is 11.1 Å². The molecule has 20 heavy (non-hydrogen) atoms. The van der Waals surface area contributed by atoms with Crippen molar-refractivity contribution >= 4 is 21.4 Å². The Hall–Kier alpha value is -1.56. The second kappa shape index (κ2) is 6.26. The summed E-state index contributed by atoms with van der Waals surface area (Å²) in [5.74, 6) is -0.929. The van der Waals surface area contributed by atoms with Crippen LogP contribution in [0.1, 0.15) is 32.1 Å². The van der Waals surface area contributed by atoms with Crippen LogP contribution in [-0.4, -0.2) is 26.1 Å². The molecule has 0 heterocycles. The van der Waals surface area contributed by atoms with E-state index in [1.54, 1.807) is 0 Å². The Labute approximate surface area is 119 Å². The number of hydrogen-bond donors (Lipinski definition) is 2. The van der Waals surface area contributed by atoms with E-state index in [0.717, 1.165) is 25.7 Å². The zero-order valence-corrected chi connectivity index (χ0v) is 12.2. The quantitative estimate of drug-likeness (QED) is 0.824. The zero-order valence-electron chi connectivity index (χ0n) is 11.3. The van der Waals surface area contributed by atoms with E-state index < -0.39 is 21.5 Å². The van der Waals surface area contributed by atoms with Crippen molar-refractivity contribution in [1.29, 1.82) is 0 Å². The van der Waals surface area contributed by atoms with Crippen LogP contribution in [0.3, 0.4) is 0 Å². The van der Waals surface area contributed by atoms with Gasteiger partial charge in [0.15, 0.2) is 9.84 Å². The molecule has 1 aliphatic carbocycles. The first-order valence-electron chi connectivity index (χ1n) is 6.85. The lowest BCUT2D eigenvalue weighted by Crippen LogP contribution is -2.39. The summed E-state index contributed by atoms with van der Waals surface area (Å²) in [5, 5.41) is 2.81. The summed E-state index contributed by atoms with van der Waals surface area (Å²) in [6.45, 7) is 0. The molecule has 2 rings (SSSR count). The largest absolute Gasteiger partial charge is 0.399 e. The van der Waals surface area contributed by atoms with E-state index in [2.05, 4.69) is 5.32 Å². The molecule has 0 unspecified atom stereocenters. The summed E-state index contributed by atoms with van der Waals surface area (Å²) < 4.78 is 24.2. The molecule has 0 aliphatic heterocycles. The summed E-state index contributed by atoms with van der Waals surface area (Å²) in [5.41, 5.74) is 6.02. The second-order valence-electron chi connectivity index (χ2n) is 5.23. The van der Waals surface area contributed by atoms with Crippen LogP contribution in [0, 0.1) is 0 Å². The molecule has 0 saturated heterocycles. The molecular weight excluding hydrogens is 276 g/mol. The van der Waals surface area contributed by atoms with Gasteiger partial charge in [-0.15, -0.1) is 0 Å². The first-order valence-corrected chi connectivity index (χ1v) is 8.50. The van der Waals surface area contributed by atoms with Gasteiger partial charge in [-0.3, -0.25) is 4.79 Å². The molecule has 0 spiro atoms. The standard InChI is InChI=1S/C14H20N2O3S/c15-11-6-8-13(9-7-11)20(18,19)10-14(17)16-12-4-2-1-3-5-12/h6-9,12H,1-5,10,15H2,(H,16,17). The fourth-order valence-electron chi connectivity index (χ4n) is 2.45. The number of carbonyl (C=O) groups excluding carboxylic acids is 1. The van der Waals surface area contributed by atoms with Crippen molar-refractivity contribution in [2.45, 2.75) is 43.0 Å². The molecule has 0 radical (unpaired) electrons. The van der Waals surface area contributed by atoms with E-state index in [0.29, 0.717) is 5.69 Å². The molecule has 0 atom stereocenters. The smallest absolute Gasteiger partial charge is 0.235 e. The van der Waals surface area contributed by atoms with E-state index in [1.807, 2.05) is 0 Å². The van der Waals surface area contributed by atoms with Crippen molar-refractivity contribution < 1.29 is 13.2 Å². The molecule has 1 aromatic rings. The number of sulfone groups is 1. The highest BCUT2D eigenvalue weighted by Gasteiger charge is 2.22. The number of benzene rings is 1. The third-order valence-electron chi connectivity index (χ3n) is 3.53. The zero-order chi connectivity index (χ0) is 14.6. The van der Waals surface area contributed by atoms with Crippen LogP contribution >= 0.6 is 0 Å². The minimum atomic E-state index is -3.59. The van der Waals surface area contributed by atoms with Crippen molar-refractivity contribution in [1.82, 2.24) is 5.32 Å². The molecule has 1 fully saturated rings. The summed E-state index contributed by atoms with van der Waals surface area (Å²) in [6.07, 6.45) is 5.25. The minimum Gasteiger partial charge on any atom is -0.399 e. The molecule has 3 N–H and O–H groups in total. The summed E-state index contributed by atoms with van der Waals surface area (Å²) in [6, 6.07) is 6.02. The maximum absolute atomic E-state index is 12.1. The number of carbonyl (C=O) groups is 1. The Morgan fingerprint density at radius 1 is 1.15 bits per heavy atom. The number of nitrogen functional groups attached to an aromatic ring is 1. The van der Waals surface area contributed by atoms with Gasteiger partial charge >= 0.3 is 0 Å². The minimum absolute atomic E-state index is 0.123. The first-order chi connectivity index (χ1) is 9.47. The molecule has 1 aromatic carbocycles. The van der Waals surface area contributed by atoms with Crippen LogP contribution in [0.15, 0.2) is 29.2 Å². The monoisotopic (exact) mass is 296 g/mol. The van der Waals surface area contributed by atoms with Gasteiger partial charge in [0.2, 0.25) is 5.91 Å². The average molecular weight is 296 g/mol. The number of nitrogens with one attached hydrogen (secondary N) is 1. The lowest BCUT2D eigenvalue weighted by molar-refractivity contribution is -0.119. The molecule has 1 aliphatic rings. The van der Waals surface area contributed by atoms with Crippen LogP contribution in [0.5, 0.6) is 0 Å². The highest BCUT2D eigenvalue weighted by Crippen LogP contribution is 2.18. The Bertz CT molecular complexity index is 561.